The highest BCUT2D eigenvalue weighted by molar-refractivity contribution is 5.97. The summed E-state index contributed by atoms with van der Waals surface area (Å²) in [6, 6.07) is 22.0. The van der Waals surface area contributed by atoms with Crippen LogP contribution in [-0.4, -0.2) is 23.4 Å². The molecule has 4 nitrogen and oxygen atoms in total. The molecule has 2 fully saturated rings. The Morgan fingerprint density at radius 3 is 2.19 bits per heavy atom. The van der Waals surface area contributed by atoms with Crippen molar-refractivity contribution in [3.05, 3.63) is 83.6 Å². The summed E-state index contributed by atoms with van der Waals surface area (Å²) in [6.07, 6.45) is 5.21. The minimum atomic E-state index is -0.328. The number of amides is 1. The third-order valence-electron chi connectivity index (χ3n) is 6.66. The number of likely N-dealkylation sites (tertiary alicyclic amines) is 1. The molecule has 160 valence electrons. The van der Waals surface area contributed by atoms with Crippen LogP contribution in [0.15, 0.2) is 72.4 Å². The van der Waals surface area contributed by atoms with Crippen molar-refractivity contribution in [2.45, 2.75) is 52.1 Å². The van der Waals surface area contributed by atoms with E-state index in [2.05, 4.69) is 37.1 Å². The molecule has 2 aromatic rings. The lowest BCUT2D eigenvalue weighted by Crippen LogP contribution is -2.34. The third-order valence-corrected chi connectivity index (χ3v) is 6.66. The van der Waals surface area contributed by atoms with Crippen molar-refractivity contribution in [3.63, 3.8) is 0 Å². The van der Waals surface area contributed by atoms with E-state index >= 15 is 0 Å². The number of nitrogens with zero attached hydrogens (tertiary/aromatic N) is 2. The number of carbonyl (C=O) groups excluding carboxylic acids is 1. The van der Waals surface area contributed by atoms with Gasteiger partial charge in [0.05, 0.1) is 6.04 Å². The summed E-state index contributed by atoms with van der Waals surface area (Å²) in [6.45, 7) is 7.89. The Morgan fingerprint density at radius 2 is 1.65 bits per heavy atom. The predicted octanol–water partition coefficient (Wildman–Crippen LogP) is 5.20. The number of nitrogens with one attached hydrogen (secondary N) is 1. The van der Waals surface area contributed by atoms with Crippen molar-refractivity contribution >= 4 is 5.91 Å². The van der Waals surface area contributed by atoms with E-state index in [1.54, 1.807) is 6.20 Å². The topological polar surface area (TPSA) is 56.1 Å². The van der Waals surface area contributed by atoms with E-state index in [1.165, 1.54) is 6.42 Å². The zero-order chi connectivity index (χ0) is 22.1. The quantitative estimate of drug-likeness (QED) is 0.541. The maximum Gasteiger partial charge on any atom is 0.264 e. The molecule has 2 unspecified atom stereocenters. The maximum absolute atomic E-state index is 13.2. The fraction of sp³-hybridized carbons (Fsp3) is 0.407. The van der Waals surface area contributed by atoms with Crippen molar-refractivity contribution in [1.82, 2.24) is 10.2 Å². The number of fused-ring (bicyclic) bond motifs is 2. The predicted molar refractivity (Wildman–Crippen MR) is 123 cm³/mol. The molecule has 2 bridgehead atoms. The van der Waals surface area contributed by atoms with E-state index in [0.29, 0.717) is 11.5 Å². The molecule has 0 aromatic heterocycles. The van der Waals surface area contributed by atoms with Crippen LogP contribution in [0.1, 0.15) is 57.2 Å². The van der Waals surface area contributed by atoms with Gasteiger partial charge in [-0.15, -0.1) is 0 Å². The summed E-state index contributed by atoms with van der Waals surface area (Å²) in [7, 11) is 0. The van der Waals surface area contributed by atoms with E-state index in [1.807, 2.05) is 60.7 Å². The third kappa shape index (κ3) is 4.66. The van der Waals surface area contributed by atoms with E-state index in [-0.39, 0.29) is 22.9 Å². The minimum Gasteiger partial charge on any atom is -0.373 e. The van der Waals surface area contributed by atoms with Crippen LogP contribution in [0.3, 0.4) is 0 Å². The molecule has 1 aliphatic carbocycles. The molecule has 4 rings (SSSR count). The molecule has 1 saturated carbocycles. The van der Waals surface area contributed by atoms with Crippen molar-refractivity contribution in [3.8, 4) is 6.07 Å². The number of rotatable bonds is 5. The first-order chi connectivity index (χ1) is 14.8. The maximum atomic E-state index is 13.2. The number of benzene rings is 2. The van der Waals surface area contributed by atoms with Gasteiger partial charge in [0.15, 0.2) is 0 Å². The zero-order valence-corrected chi connectivity index (χ0v) is 18.6. The van der Waals surface area contributed by atoms with Crippen molar-refractivity contribution in [1.29, 1.82) is 5.26 Å². The average Bonchev–Trinajstić information content (AvgIpc) is 2.98. The molecule has 1 N–H and O–H groups in total. The highest BCUT2D eigenvalue weighted by atomic mass is 16.1. The van der Waals surface area contributed by atoms with Crippen molar-refractivity contribution < 1.29 is 4.79 Å². The van der Waals surface area contributed by atoms with Gasteiger partial charge < -0.3 is 10.2 Å². The van der Waals surface area contributed by atoms with Gasteiger partial charge in [-0.1, -0.05) is 81.4 Å². The molecule has 2 atom stereocenters. The molecule has 1 amide bonds. The highest BCUT2D eigenvalue weighted by Crippen LogP contribution is 2.52. The summed E-state index contributed by atoms with van der Waals surface area (Å²) >= 11 is 0. The summed E-state index contributed by atoms with van der Waals surface area (Å²) in [5.41, 5.74) is 2.69. The van der Waals surface area contributed by atoms with E-state index < -0.39 is 0 Å². The first-order valence-electron chi connectivity index (χ1n) is 11.1. The van der Waals surface area contributed by atoms with Gasteiger partial charge >= 0.3 is 0 Å². The fourth-order valence-electron chi connectivity index (χ4n) is 5.82. The molecule has 1 saturated heterocycles. The van der Waals surface area contributed by atoms with Crippen LogP contribution in [0, 0.1) is 22.2 Å². The molecular weight excluding hydrogens is 382 g/mol. The summed E-state index contributed by atoms with van der Waals surface area (Å²) in [4.78, 5) is 15.4. The lowest BCUT2D eigenvalue weighted by atomic mass is 9.65. The largest absolute Gasteiger partial charge is 0.373 e. The normalized spacial score (nSPS) is 24.7. The molecule has 1 aliphatic heterocycles. The second-order valence-electron chi connectivity index (χ2n) is 10.3. The Labute approximate surface area is 185 Å². The molecule has 4 heteroatoms. The lowest BCUT2D eigenvalue weighted by Gasteiger charge is -2.39. The van der Waals surface area contributed by atoms with Gasteiger partial charge in [-0.05, 0) is 41.2 Å². The molecule has 2 aromatic carbocycles. The first-order valence-corrected chi connectivity index (χ1v) is 11.1. The second-order valence-corrected chi connectivity index (χ2v) is 10.3. The van der Waals surface area contributed by atoms with Gasteiger partial charge in [0.1, 0.15) is 11.6 Å². The Morgan fingerprint density at radius 1 is 1.06 bits per heavy atom. The molecular formula is C27H31N3O. The molecule has 31 heavy (non-hydrogen) atoms. The number of carbonyl (C=O) groups is 1. The Balaban J connectivity index is 1.58. The Kier molecular flexibility index (Phi) is 5.62. The Hall–Kier alpha value is -3.06. The standard InChI is InChI=1S/C27H31N3O/c1-26(2)14-23-15-27(3,18-26)19-30(23)17-22(16-28)25(31)29-24(20-10-6-4-7-11-20)21-12-8-5-9-13-21/h4-13,17,23-24H,14-15,18-19H2,1-3H3,(H,29,31)/b22-17-. The lowest BCUT2D eigenvalue weighted by molar-refractivity contribution is -0.117. The van der Waals surface area contributed by atoms with Gasteiger partial charge in [-0.2, -0.15) is 5.26 Å². The molecule has 2 aliphatic rings. The summed E-state index contributed by atoms with van der Waals surface area (Å²) in [5, 5.41) is 12.9. The summed E-state index contributed by atoms with van der Waals surface area (Å²) < 4.78 is 0. The van der Waals surface area contributed by atoms with E-state index in [4.69, 9.17) is 0 Å². The van der Waals surface area contributed by atoms with Gasteiger partial charge in [-0.25, -0.2) is 0 Å². The van der Waals surface area contributed by atoms with Crippen LogP contribution in [0.25, 0.3) is 0 Å². The number of hydrogen-bond acceptors (Lipinski definition) is 3. The fourth-order valence-corrected chi connectivity index (χ4v) is 5.82. The average molecular weight is 414 g/mol. The van der Waals surface area contributed by atoms with Crippen LogP contribution in [0.2, 0.25) is 0 Å². The monoisotopic (exact) mass is 413 g/mol. The summed E-state index contributed by atoms with van der Waals surface area (Å²) in [5.74, 6) is -0.328. The van der Waals surface area contributed by atoms with Crippen molar-refractivity contribution in [2.75, 3.05) is 6.54 Å². The Bertz CT molecular complexity index is 966. The highest BCUT2D eigenvalue weighted by Gasteiger charge is 2.49. The van der Waals surface area contributed by atoms with Crippen LogP contribution in [0.5, 0.6) is 0 Å². The molecule has 1 heterocycles. The zero-order valence-electron chi connectivity index (χ0n) is 18.6. The van der Waals surface area contributed by atoms with Crippen LogP contribution < -0.4 is 5.32 Å². The molecule has 0 spiro atoms. The smallest absolute Gasteiger partial charge is 0.264 e. The second kappa shape index (κ2) is 8.23. The van der Waals surface area contributed by atoms with Gasteiger partial charge in [0.25, 0.3) is 5.91 Å². The van der Waals surface area contributed by atoms with Crippen LogP contribution >= 0.6 is 0 Å². The molecule has 0 radical (unpaired) electrons. The van der Waals surface area contributed by atoms with Gasteiger partial charge in [0.2, 0.25) is 0 Å². The van der Waals surface area contributed by atoms with Gasteiger partial charge in [-0.3, -0.25) is 4.79 Å². The number of hydrogen-bond donors (Lipinski definition) is 1. The van der Waals surface area contributed by atoms with Crippen LogP contribution in [-0.2, 0) is 4.79 Å². The van der Waals surface area contributed by atoms with Crippen molar-refractivity contribution in [2.24, 2.45) is 10.8 Å². The number of nitriles is 1. The van der Waals surface area contributed by atoms with E-state index in [0.717, 1.165) is 30.5 Å². The SMILES string of the molecule is CC1(C)CC2CC(C)(CN2/C=C(/C#N)C(=O)NC(c2ccccc2)c2ccccc2)C1. The minimum absolute atomic E-state index is 0.172. The van der Waals surface area contributed by atoms with Crippen LogP contribution in [0.4, 0.5) is 0 Å². The van der Waals surface area contributed by atoms with E-state index in [9.17, 15) is 10.1 Å². The van der Waals surface area contributed by atoms with Gasteiger partial charge in [0, 0.05) is 18.8 Å². The first kappa shape index (κ1) is 21.2.